The molecule has 190 valence electrons. The van der Waals surface area contributed by atoms with Crippen LogP contribution in [-0.4, -0.2) is 69.7 Å². The molecule has 0 radical (unpaired) electrons. The lowest BCUT2D eigenvalue weighted by atomic mass is 9.64. The Labute approximate surface area is 211 Å². The summed E-state index contributed by atoms with van der Waals surface area (Å²) in [6, 6.07) is 7.65. The molecule has 0 unspecified atom stereocenters. The number of aromatic nitrogens is 2. The molecule has 1 spiro atoms. The molecule has 1 aliphatic heterocycles. The fourth-order valence-corrected chi connectivity index (χ4v) is 5.74. The number of likely N-dealkylation sites (N-methyl/N-ethyl adjacent to an activating group) is 1. The van der Waals surface area contributed by atoms with Gasteiger partial charge in [-0.3, -0.25) is 14.5 Å². The lowest BCUT2D eigenvalue weighted by Gasteiger charge is -2.37. The number of nitrogens with zero attached hydrogens (tertiary/aromatic N) is 4. The molecule has 1 aliphatic carbocycles. The standard InChI is InChI=1S/C26H31N5O4S/c1-30(2)11-6-12-35-24-21(29-36(4,33)34)14-18(15-28-24)17-7-8-20-19(13-17)23-22(16-27-20)31(3)25(32)26(23)9-5-10-26/h7-8,13-16,29H,5-6,9-12H2,1-4H3. The minimum absolute atomic E-state index is 0.139. The van der Waals surface area contributed by atoms with E-state index in [1.165, 1.54) is 0 Å². The van der Waals surface area contributed by atoms with Crippen LogP contribution in [0.2, 0.25) is 0 Å². The summed E-state index contributed by atoms with van der Waals surface area (Å²) in [6.45, 7) is 1.27. The Hall–Kier alpha value is -3.24. The average Bonchev–Trinajstić information content (AvgIpc) is 3.03. The Balaban J connectivity index is 1.55. The van der Waals surface area contributed by atoms with E-state index in [-0.39, 0.29) is 11.8 Å². The third-order valence-corrected chi connectivity index (χ3v) is 7.67. The molecule has 1 fully saturated rings. The van der Waals surface area contributed by atoms with Gasteiger partial charge < -0.3 is 14.5 Å². The summed E-state index contributed by atoms with van der Waals surface area (Å²) in [7, 11) is 2.25. The van der Waals surface area contributed by atoms with E-state index in [1.54, 1.807) is 23.4 Å². The third-order valence-electron chi connectivity index (χ3n) is 7.08. The van der Waals surface area contributed by atoms with E-state index in [4.69, 9.17) is 4.74 Å². The van der Waals surface area contributed by atoms with Crippen LogP contribution in [0.3, 0.4) is 0 Å². The molecule has 1 N–H and O–H groups in total. The van der Waals surface area contributed by atoms with Crippen molar-refractivity contribution in [2.75, 3.05) is 50.2 Å². The van der Waals surface area contributed by atoms with E-state index in [1.807, 2.05) is 39.3 Å². The minimum Gasteiger partial charge on any atom is -0.476 e. The first-order chi connectivity index (χ1) is 17.1. The average molecular weight is 510 g/mol. The van der Waals surface area contributed by atoms with Crippen molar-refractivity contribution in [1.29, 1.82) is 0 Å². The van der Waals surface area contributed by atoms with Gasteiger partial charge in [0.2, 0.25) is 21.8 Å². The van der Waals surface area contributed by atoms with Gasteiger partial charge in [-0.1, -0.05) is 12.5 Å². The predicted molar refractivity (Wildman–Crippen MR) is 141 cm³/mol. The largest absolute Gasteiger partial charge is 0.476 e. The van der Waals surface area contributed by atoms with Crippen LogP contribution in [0.5, 0.6) is 5.88 Å². The number of fused-ring (bicyclic) bond motifs is 4. The molecule has 2 aromatic heterocycles. The molecule has 0 saturated heterocycles. The summed E-state index contributed by atoms with van der Waals surface area (Å²) in [5.74, 6) is 0.382. The van der Waals surface area contributed by atoms with Gasteiger partial charge in [0.25, 0.3) is 0 Å². The van der Waals surface area contributed by atoms with Crippen molar-refractivity contribution in [2.45, 2.75) is 31.1 Å². The number of sulfonamides is 1. The fraction of sp³-hybridized carbons (Fsp3) is 0.423. The van der Waals surface area contributed by atoms with Crippen LogP contribution >= 0.6 is 0 Å². The van der Waals surface area contributed by atoms with Crippen LogP contribution in [0.1, 0.15) is 31.2 Å². The monoisotopic (exact) mass is 509 g/mol. The first kappa shape index (κ1) is 24.5. The zero-order valence-corrected chi connectivity index (χ0v) is 21.9. The number of hydrogen-bond acceptors (Lipinski definition) is 7. The van der Waals surface area contributed by atoms with Crippen molar-refractivity contribution in [3.63, 3.8) is 0 Å². The minimum atomic E-state index is -3.54. The molecular formula is C26H31N5O4S. The van der Waals surface area contributed by atoms with Crippen molar-refractivity contribution in [1.82, 2.24) is 14.9 Å². The lowest BCUT2D eigenvalue weighted by molar-refractivity contribution is -0.125. The zero-order chi connectivity index (χ0) is 25.7. The number of carbonyl (C=O) groups is 1. The summed E-state index contributed by atoms with van der Waals surface area (Å²) < 4.78 is 32.5. The van der Waals surface area contributed by atoms with Gasteiger partial charge in [-0.05, 0) is 57.1 Å². The van der Waals surface area contributed by atoms with E-state index in [0.717, 1.165) is 71.8 Å². The van der Waals surface area contributed by atoms with Gasteiger partial charge in [0.1, 0.15) is 5.69 Å². The lowest BCUT2D eigenvalue weighted by Crippen LogP contribution is -2.43. The van der Waals surface area contributed by atoms with Crippen molar-refractivity contribution in [3.8, 4) is 17.0 Å². The highest BCUT2D eigenvalue weighted by atomic mass is 32.2. The van der Waals surface area contributed by atoms with Gasteiger partial charge in [0.05, 0.1) is 35.7 Å². The normalized spacial score (nSPS) is 16.5. The Morgan fingerprint density at radius 1 is 1.14 bits per heavy atom. The highest BCUT2D eigenvalue weighted by Crippen LogP contribution is 2.55. The van der Waals surface area contributed by atoms with E-state index in [9.17, 15) is 13.2 Å². The SMILES string of the molecule is CN(C)CCCOc1ncc(-c2ccc3ncc4c(c3c2)C2(CCC2)C(=O)N4C)cc1NS(C)(=O)=O. The second kappa shape index (κ2) is 9.01. The second-order valence-corrected chi connectivity index (χ2v) is 11.8. The molecule has 5 rings (SSSR count). The number of anilines is 2. The van der Waals surface area contributed by atoms with Crippen molar-refractivity contribution in [3.05, 3.63) is 42.2 Å². The van der Waals surface area contributed by atoms with E-state index in [0.29, 0.717) is 12.3 Å². The molecule has 3 heterocycles. The Morgan fingerprint density at radius 2 is 1.92 bits per heavy atom. The highest BCUT2D eigenvalue weighted by Gasteiger charge is 2.54. The molecule has 1 amide bonds. The maximum Gasteiger partial charge on any atom is 0.238 e. The van der Waals surface area contributed by atoms with Crippen molar-refractivity contribution in [2.24, 2.45) is 0 Å². The summed E-state index contributed by atoms with van der Waals surface area (Å²) >= 11 is 0. The topological polar surface area (TPSA) is 105 Å². The van der Waals surface area contributed by atoms with Gasteiger partial charge in [-0.15, -0.1) is 0 Å². The molecule has 0 bridgehead atoms. The number of carbonyl (C=O) groups excluding carboxylic acids is 1. The first-order valence-corrected chi connectivity index (χ1v) is 14.0. The van der Waals surface area contributed by atoms with Gasteiger partial charge in [0.15, 0.2) is 0 Å². The second-order valence-electron chi connectivity index (χ2n) is 10.0. The molecule has 0 atom stereocenters. The summed E-state index contributed by atoms with van der Waals surface area (Å²) in [6.07, 6.45) is 8.08. The molecular weight excluding hydrogens is 478 g/mol. The molecule has 2 aliphatic rings. The smallest absolute Gasteiger partial charge is 0.238 e. The van der Waals surface area contributed by atoms with Crippen molar-refractivity contribution < 1.29 is 17.9 Å². The number of amides is 1. The van der Waals surface area contributed by atoms with Crippen LogP contribution in [0.25, 0.3) is 22.0 Å². The number of ether oxygens (including phenoxy) is 1. The molecule has 1 aromatic carbocycles. The summed E-state index contributed by atoms with van der Waals surface area (Å²) in [5, 5.41) is 0.948. The number of rotatable bonds is 8. The molecule has 3 aromatic rings. The maximum atomic E-state index is 13.1. The van der Waals surface area contributed by atoms with Crippen LogP contribution in [0, 0.1) is 0 Å². The van der Waals surface area contributed by atoms with E-state index < -0.39 is 15.4 Å². The number of nitrogens with one attached hydrogen (secondary N) is 1. The number of pyridine rings is 2. The number of benzene rings is 1. The molecule has 9 nitrogen and oxygen atoms in total. The van der Waals surface area contributed by atoms with Crippen LogP contribution < -0.4 is 14.4 Å². The van der Waals surface area contributed by atoms with Gasteiger partial charge in [-0.2, -0.15) is 0 Å². The Bertz CT molecular complexity index is 1450. The number of hydrogen-bond donors (Lipinski definition) is 1. The van der Waals surface area contributed by atoms with Crippen LogP contribution in [0.15, 0.2) is 36.7 Å². The van der Waals surface area contributed by atoms with Crippen LogP contribution in [0.4, 0.5) is 11.4 Å². The van der Waals surface area contributed by atoms with Gasteiger partial charge in [-0.25, -0.2) is 13.4 Å². The molecule has 36 heavy (non-hydrogen) atoms. The van der Waals surface area contributed by atoms with E-state index >= 15 is 0 Å². The molecule has 10 heteroatoms. The first-order valence-electron chi connectivity index (χ1n) is 12.1. The molecule has 1 saturated carbocycles. The summed E-state index contributed by atoms with van der Waals surface area (Å²) in [4.78, 5) is 26.0. The predicted octanol–water partition coefficient (Wildman–Crippen LogP) is 3.40. The summed E-state index contributed by atoms with van der Waals surface area (Å²) in [5.41, 5.74) is 4.17. The van der Waals surface area contributed by atoms with Gasteiger partial charge in [0, 0.05) is 36.3 Å². The Kier molecular flexibility index (Phi) is 6.12. The Morgan fingerprint density at radius 3 is 2.58 bits per heavy atom. The zero-order valence-electron chi connectivity index (χ0n) is 21.0. The quantitative estimate of drug-likeness (QED) is 0.464. The highest BCUT2D eigenvalue weighted by molar-refractivity contribution is 7.92. The van der Waals surface area contributed by atoms with E-state index in [2.05, 4.69) is 19.6 Å². The fourth-order valence-electron chi connectivity index (χ4n) is 5.20. The third kappa shape index (κ3) is 4.28. The van der Waals surface area contributed by atoms with Gasteiger partial charge >= 0.3 is 0 Å². The van der Waals surface area contributed by atoms with Crippen LogP contribution in [-0.2, 0) is 20.2 Å². The van der Waals surface area contributed by atoms with Crippen molar-refractivity contribution >= 4 is 38.2 Å². The maximum absolute atomic E-state index is 13.1.